The Hall–Kier alpha value is -2.02. The summed E-state index contributed by atoms with van der Waals surface area (Å²) in [5.41, 5.74) is -0.318. The van der Waals surface area contributed by atoms with Crippen LogP contribution < -0.4 is 10.2 Å². The van der Waals surface area contributed by atoms with Crippen LogP contribution in [0.25, 0.3) is 0 Å². The highest BCUT2D eigenvalue weighted by atomic mass is 19.1. The molecule has 1 atom stereocenters. The van der Waals surface area contributed by atoms with Crippen LogP contribution in [0.4, 0.5) is 14.5 Å². The maximum atomic E-state index is 13.4. The summed E-state index contributed by atoms with van der Waals surface area (Å²) in [5.74, 6) is -3.82. The Bertz CT molecular complexity index is 479. The molecule has 0 fully saturated rings. The van der Waals surface area contributed by atoms with Crippen LogP contribution in [0.1, 0.15) is 0 Å². The van der Waals surface area contributed by atoms with Gasteiger partial charge < -0.3 is 10.0 Å². The Morgan fingerprint density at radius 2 is 2.00 bits per heavy atom. The maximum absolute atomic E-state index is 13.4. The van der Waals surface area contributed by atoms with Crippen molar-refractivity contribution in [3.8, 4) is 0 Å². The molecule has 1 aromatic rings. The number of nitrogens with zero attached hydrogens (tertiary/aromatic N) is 1. The lowest BCUT2D eigenvalue weighted by Gasteiger charge is -2.21. The number of hydrogen-bond donors (Lipinski definition) is 2. The lowest BCUT2D eigenvalue weighted by Crippen LogP contribution is -2.48. The van der Waals surface area contributed by atoms with E-state index in [2.05, 4.69) is 5.32 Å². The average molecular weight is 258 g/mol. The molecule has 2 N–H and O–H groups in total. The van der Waals surface area contributed by atoms with E-state index in [-0.39, 0.29) is 5.69 Å². The molecule has 5 nitrogen and oxygen atoms in total. The highest BCUT2D eigenvalue weighted by molar-refractivity contribution is 6.08. The SMILES string of the molecule is CNC(C(=O)O)C(=O)N(C)c1cc(F)ccc1F. The topological polar surface area (TPSA) is 69.6 Å². The van der Waals surface area contributed by atoms with E-state index in [1.807, 2.05) is 0 Å². The Morgan fingerprint density at radius 1 is 1.39 bits per heavy atom. The molecule has 1 rings (SSSR count). The van der Waals surface area contributed by atoms with Crippen molar-refractivity contribution < 1.29 is 23.5 Å². The minimum atomic E-state index is -1.52. The molecule has 0 saturated carbocycles. The number of anilines is 1. The van der Waals surface area contributed by atoms with Crippen LogP contribution in [0.5, 0.6) is 0 Å². The number of rotatable bonds is 4. The fourth-order valence-electron chi connectivity index (χ4n) is 1.41. The van der Waals surface area contributed by atoms with Gasteiger partial charge in [0.1, 0.15) is 11.6 Å². The van der Waals surface area contributed by atoms with Gasteiger partial charge in [0.05, 0.1) is 5.69 Å². The lowest BCUT2D eigenvalue weighted by molar-refractivity contribution is -0.143. The van der Waals surface area contributed by atoms with E-state index in [1.54, 1.807) is 0 Å². The summed E-state index contributed by atoms with van der Waals surface area (Å²) in [6.45, 7) is 0. The zero-order chi connectivity index (χ0) is 13.9. The largest absolute Gasteiger partial charge is 0.480 e. The van der Waals surface area contributed by atoms with E-state index in [4.69, 9.17) is 5.11 Å². The van der Waals surface area contributed by atoms with E-state index in [0.29, 0.717) is 0 Å². The first-order chi connectivity index (χ1) is 8.38. The van der Waals surface area contributed by atoms with E-state index < -0.39 is 29.6 Å². The summed E-state index contributed by atoms with van der Waals surface area (Å²) >= 11 is 0. The lowest BCUT2D eigenvalue weighted by atomic mass is 10.2. The number of carbonyl (C=O) groups is 2. The van der Waals surface area contributed by atoms with Crippen LogP contribution in [-0.4, -0.2) is 37.1 Å². The molecule has 0 aliphatic rings. The minimum Gasteiger partial charge on any atom is -0.480 e. The van der Waals surface area contributed by atoms with Gasteiger partial charge in [0.2, 0.25) is 0 Å². The van der Waals surface area contributed by atoms with Gasteiger partial charge in [0.15, 0.2) is 6.04 Å². The second-order valence-electron chi connectivity index (χ2n) is 3.55. The highest BCUT2D eigenvalue weighted by Crippen LogP contribution is 2.19. The number of carboxylic acids is 1. The molecule has 7 heteroatoms. The van der Waals surface area contributed by atoms with Crippen molar-refractivity contribution in [1.82, 2.24) is 5.32 Å². The monoisotopic (exact) mass is 258 g/mol. The maximum Gasteiger partial charge on any atom is 0.330 e. The Labute approximate surface area is 102 Å². The third-order valence-electron chi connectivity index (χ3n) is 2.38. The summed E-state index contributed by atoms with van der Waals surface area (Å²) in [5, 5.41) is 11.1. The molecule has 98 valence electrons. The van der Waals surface area contributed by atoms with Gasteiger partial charge in [-0.05, 0) is 19.2 Å². The molecule has 1 amide bonds. The van der Waals surface area contributed by atoms with Crippen LogP contribution in [-0.2, 0) is 9.59 Å². The smallest absolute Gasteiger partial charge is 0.330 e. The predicted molar refractivity (Wildman–Crippen MR) is 60.3 cm³/mol. The van der Waals surface area contributed by atoms with E-state index in [9.17, 15) is 18.4 Å². The van der Waals surface area contributed by atoms with E-state index in [1.165, 1.54) is 14.1 Å². The van der Waals surface area contributed by atoms with Crippen LogP contribution >= 0.6 is 0 Å². The number of hydrogen-bond acceptors (Lipinski definition) is 3. The van der Waals surface area contributed by atoms with Gasteiger partial charge in [0, 0.05) is 13.1 Å². The van der Waals surface area contributed by atoms with Crippen LogP contribution in [0.15, 0.2) is 18.2 Å². The minimum absolute atomic E-state index is 0.318. The Morgan fingerprint density at radius 3 is 2.50 bits per heavy atom. The number of amides is 1. The van der Waals surface area contributed by atoms with Gasteiger partial charge >= 0.3 is 5.97 Å². The molecule has 0 aliphatic carbocycles. The zero-order valence-electron chi connectivity index (χ0n) is 9.78. The molecule has 0 heterocycles. The first kappa shape index (κ1) is 14.0. The molecule has 0 spiro atoms. The van der Waals surface area contributed by atoms with Crippen LogP contribution in [0, 0.1) is 11.6 Å². The zero-order valence-corrected chi connectivity index (χ0v) is 9.78. The van der Waals surface area contributed by atoms with Gasteiger partial charge in [-0.2, -0.15) is 0 Å². The number of carboxylic acid groups (broad SMARTS) is 1. The number of carbonyl (C=O) groups excluding carboxylic acids is 1. The summed E-state index contributed by atoms with van der Waals surface area (Å²) in [6, 6.07) is 1.08. The number of aliphatic carboxylic acids is 1. The van der Waals surface area contributed by atoms with Crippen LogP contribution in [0.3, 0.4) is 0 Å². The molecule has 1 aromatic carbocycles. The Kier molecular flexibility index (Phi) is 4.33. The molecule has 0 aromatic heterocycles. The second kappa shape index (κ2) is 5.54. The average Bonchev–Trinajstić information content (AvgIpc) is 2.31. The van der Waals surface area contributed by atoms with Crippen molar-refractivity contribution in [1.29, 1.82) is 0 Å². The first-order valence-corrected chi connectivity index (χ1v) is 5.01. The molecular weight excluding hydrogens is 246 g/mol. The number of benzene rings is 1. The number of likely N-dealkylation sites (N-methyl/N-ethyl adjacent to an activating group) is 2. The van der Waals surface area contributed by atoms with Gasteiger partial charge in [-0.15, -0.1) is 0 Å². The first-order valence-electron chi connectivity index (χ1n) is 5.01. The van der Waals surface area contributed by atoms with Crippen molar-refractivity contribution >= 4 is 17.6 Å². The molecular formula is C11H12F2N2O3. The van der Waals surface area contributed by atoms with Gasteiger partial charge in [-0.25, -0.2) is 13.6 Å². The summed E-state index contributed by atoms with van der Waals surface area (Å²) in [6.07, 6.45) is 0. The fourth-order valence-corrected chi connectivity index (χ4v) is 1.41. The predicted octanol–water partition coefficient (Wildman–Crippen LogP) is 0.600. The summed E-state index contributed by atoms with van der Waals surface area (Å²) < 4.78 is 26.4. The molecule has 0 aliphatic heterocycles. The Balaban J connectivity index is 3.06. The van der Waals surface area contributed by atoms with E-state index in [0.717, 1.165) is 23.1 Å². The third kappa shape index (κ3) is 2.80. The number of nitrogens with one attached hydrogen (secondary N) is 1. The quantitative estimate of drug-likeness (QED) is 0.776. The third-order valence-corrected chi connectivity index (χ3v) is 2.38. The molecule has 1 unspecified atom stereocenters. The highest BCUT2D eigenvalue weighted by Gasteiger charge is 2.29. The summed E-state index contributed by atoms with van der Waals surface area (Å²) in [7, 11) is 2.46. The van der Waals surface area contributed by atoms with Crippen molar-refractivity contribution in [2.24, 2.45) is 0 Å². The molecule has 0 saturated heterocycles. The van der Waals surface area contributed by atoms with E-state index >= 15 is 0 Å². The molecule has 0 bridgehead atoms. The standard InChI is InChI=1S/C11H12F2N2O3/c1-14-9(11(17)18)10(16)15(2)8-5-6(12)3-4-7(8)13/h3-5,9,14H,1-2H3,(H,17,18). The normalized spacial score (nSPS) is 12.0. The van der Waals surface area contributed by atoms with Crippen molar-refractivity contribution in [2.75, 3.05) is 19.0 Å². The van der Waals surface area contributed by atoms with Crippen molar-refractivity contribution in [3.63, 3.8) is 0 Å². The van der Waals surface area contributed by atoms with Gasteiger partial charge in [-0.1, -0.05) is 0 Å². The fraction of sp³-hybridized carbons (Fsp3) is 0.273. The van der Waals surface area contributed by atoms with Gasteiger partial charge in [-0.3, -0.25) is 10.1 Å². The van der Waals surface area contributed by atoms with Crippen molar-refractivity contribution in [2.45, 2.75) is 6.04 Å². The van der Waals surface area contributed by atoms with Crippen molar-refractivity contribution in [3.05, 3.63) is 29.8 Å². The van der Waals surface area contributed by atoms with Crippen LogP contribution in [0.2, 0.25) is 0 Å². The summed E-state index contributed by atoms with van der Waals surface area (Å²) in [4.78, 5) is 23.3. The van der Waals surface area contributed by atoms with Gasteiger partial charge in [0.25, 0.3) is 5.91 Å². The number of halogens is 2. The molecule has 18 heavy (non-hydrogen) atoms. The second-order valence-corrected chi connectivity index (χ2v) is 3.55. The molecule has 0 radical (unpaired) electrons.